The van der Waals surface area contributed by atoms with E-state index in [-0.39, 0.29) is 0 Å². The molecule has 6 heteroatoms. The van der Waals surface area contributed by atoms with Crippen molar-refractivity contribution in [1.82, 2.24) is 14.9 Å². The summed E-state index contributed by atoms with van der Waals surface area (Å²) in [6, 6.07) is 15.4. The lowest BCUT2D eigenvalue weighted by Crippen LogP contribution is -2.49. The summed E-state index contributed by atoms with van der Waals surface area (Å²) < 4.78 is 2.01. The number of nitrogens with two attached hydrogens (primary N) is 1. The Hall–Kier alpha value is -3.72. The minimum atomic E-state index is -0.640. The second-order valence-electron chi connectivity index (χ2n) is 6.78. The third-order valence-corrected chi connectivity index (χ3v) is 4.84. The largest absolute Gasteiger partial charge is 0.398 e. The SMILES string of the molecule is Cc1c(N)cccc1C1=Cn2ccnc2C(C)(Nc2ccc(C#N)cc2)N1. The molecule has 0 radical (unpaired) electrons. The van der Waals surface area contributed by atoms with Gasteiger partial charge in [0.05, 0.1) is 17.3 Å². The van der Waals surface area contributed by atoms with Gasteiger partial charge in [0.1, 0.15) is 0 Å². The lowest BCUT2D eigenvalue weighted by atomic mass is 10.0. The highest BCUT2D eigenvalue weighted by Gasteiger charge is 2.35. The molecule has 2 heterocycles. The van der Waals surface area contributed by atoms with Crippen LogP contribution in [-0.2, 0) is 5.66 Å². The normalized spacial score (nSPS) is 18.0. The molecule has 0 fully saturated rings. The number of nitrogens with one attached hydrogen (secondary N) is 2. The van der Waals surface area contributed by atoms with Gasteiger partial charge in [0, 0.05) is 35.5 Å². The summed E-state index contributed by atoms with van der Waals surface area (Å²) >= 11 is 0. The van der Waals surface area contributed by atoms with Crippen LogP contribution in [0.3, 0.4) is 0 Å². The monoisotopic (exact) mass is 356 g/mol. The van der Waals surface area contributed by atoms with Crippen LogP contribution < -0.4 is 16.4 Å². The van der Waals surface area contributed by atoms with Gasteiger partial charge >= 0.3 is 0 Å². The van der Waals surface area contributed by atoms with Gasteiger partial charge < -0.3 is 20.9 Å². The van der Waals surface area contributed by atoms with Crippen LogP contribution >= 0.6 is 0 Å². The van der Waals surface area contributed by atoms with Crippen LogP contribution in [0.2, 0.25) is 0 Å². The topological polar surface area (TPSA) is 91.7 Å². The van der Waals surface area contributed by atoms with Crippen molar-refractivity contribution in [2.24, 2.45) is 0 Å². The Morgan fingerprint density at radius 3 is 2.74 bits per heavy atom. The number of nitriles is 1. The maximum Gasteiger partial charge on any atom is 0.165 e. The zero-order valence-corrected chi connectivity index (χ0v) is 15.2. The molecular formula is C21H20N6. The molecule has 6 nitrogen and oxygen atoms in total. The minimum Gasteiger partial charge on any atom is -0.398 e. The molecule has 0 spiro atoms. The summed E-state index contributed by atoms with van der Waals surface area (Å²) in [7, 11) is 0. The summed E-state index contributed by atoms with van der Waals surface area (Å²) in [4.78, 5) is 4.52. The highest BCUT2D eigenvalue weighted by atomic mass is 15.3. The second kappa shape index (κ2) is 6.22. The number of fused-ring (bicyclic) bond motifs is 1. The van der Waals surface area contributed by atoms with Crippen LogP contribution in [0.5, 0.6) is 0 Å². The van der Waals surface area contributed by atoms with Crippen molar-refractivity contribution in [3.63, 3.8) is 0 Å². The van der Waals surface area contributed by atoms with Crippen molar-refractivity contribution >= 4 is 23.3 Å². The van der Waals surface area contributed by atoms with E-state index in [2.05, 4.69) is 27.8 Å². The first-order valence-corrected chi connectivity index (χ1v) is 8.67. The van der Waals surface area contributed by atoms with E-state index >= 15 is 0 Å². The van der Waals surface area contributed by atoms with E-state index in [0.717, 1.165) is 34.0 Å². The van der Waals surface area contributed by atoms with Crippen LogP contribution in [0.4, 0.5) is 11.4 Å². The number of benzene rings is 2. The van der Waals surface area contributed by atoms with Crippen molar-refractivity contribution in [2.75, 3.05) is 11.1 Å². The van der Waals surface area contributed by atoms with Crippen molar-refractivity contribution in [3.05, 3.63) is 77.4 Å². The van der Waals surface area contributed by atoms with Crippen molar-refractivity contribution in [1.29, 1.82) is 5.26 Å². The van der Waals surface area contributed by atoms with E-state index in [0.29, 0.717) is 5.56 Å². The summed E-state index contributed by atoms with van der Waals surface area (Å²) in [5.41, 5.74) is 10.8. The maximum atomic E-state index is 9.00. The molecule has 0 bridgehead atoms. The van der Waals surface area contributed by atoms with Crippen LogP contribution in [0.25, 0.3) is 11.9 Å². The lowest BCUT2D eigenvalue weighted by molar-refractivity contribution is 0.448. The number of nitrogen functional groups attached to an aromatic ring is 1. The summed E-state index contributed by atoms with van der Waals surface area (Å²) in [6.07, 6.45) is 5.73. The van der Waals surface area contributed by atoms with Gasteiger partial charge in [-0.25, -0.2) is 4.98 Å². The van der Waals surface area contributed by atoms with Crippen molar-refractivity contribution < 1.29 is 0 Å². The van der Waals surface area contributed by atoms with Crippen LogP contribution in [0.15, 0.2) is 54.9 Å². The molecule has 27 heavy (non-hydrogen) atoms. The zero-order valence-electron chi connectivity index (χ0n) is 15.2. The second-order valence-corrected chi connectivity index (χ2v) is 6.78. The number of anilines is 2. The Morgan fingerprint density at radius 1 is 1.22 bits per heavy atom. The molecule has 0 amide bonds. The van der Waals surface area contributed by atoms with E-state index in [1.807, 2.05) is 55.1 Å². The van der Waals surface area contributed by atoms with E-state index in [1.54, 1.807) is 18.3 Å². The Bertz CT molecular complexity index is 1070. The number of imidazole rings is 1. The molecule has 0 saturated carbocycles. The van der Waals surface area contributed by atoms with E-state index in [4.69, 9.17) is 11.0 Å². The smallest absolute Gasteiger partial charge is 0.165 e. The molecule has 1 aromatic heterocycles. The third kappa shape index (κ3) is 2.89. The van der Waals surface area contributed by atoms with Gasteiger partial charge in [-0.05, 0) is 49.7 Å². The fourth-order valence-corrected chi connectivity index (χ4v) is 3.39. The number of aromatic nitrogens is 2. The average molecular weight is 356 g/mol. The Kier molecular flexibility index (Phi) is 3.85. The molecule has 4 N–H and O–H groups in total. The first kappa shape index (κ1) is 16.7. The molecule has 134 valence electrons. The van der Waals surface area contributed by atoms with Gasteiger partial charge in [0.2, 0.25) is 0 Å². The van der Waals surface area contributed by atoms with Gasteiger partial charge in [-0.15, -0.1) is 0 Å². The van der Waals surface area contributed by atoms with Gasteiger partial charge in [0.25, 0.3) is 0 Å². The predicted molar refractivity (Wildman–Crippen MR) is 107 cm³/mol. The Balaban J connectivity index is 1.75. The van der Waals surface area contributed by atoms with Gasteiger partial charge in [0.15, 0.2) is 11.5 Å². The zero-order chi connectivity index (χ0) is 19.0. The van der Waals surface area contributed by atoms with E-state index in [1.165, 1.54) is 0 Å². The lowest BCUT2D eigenvalue weighted by Gasteiger charge is -2.37. The summed E-state index contributed by atoms with van der Waals surface area (Å²) in [5.74, 6) is 0.845. The van der Waals surface area contributed by atoms with E-state index < -0.39 is 5.66 Å². The van der Waals surface area contributed by atoms with Crippen LogP contribution in [-0.4, -0.2) is 9.55 Å². The molecule has 3 aromatic rings. The first-order chi connectivity index (χ1) is 13.0. The van der Waals surface area contributed by atoms with E-state index in [9.17, 15) is 0 Å². The molecule has 1 aliphatic rings. The van der Waals surface area contributed by atoms with Crippen molar-refractivity contribution in [3.8, 4) is 6.07 Å². The summed E-state index contributed by atoms with van der Waals surface area (Å²) in [6.45, 7) is 4.06. The first-order valence-electron chi connectivity index (χ1n) is 8.67. The predicted octanol–water partition coefficient (Wildman–Crippen LogP) is 3.49. The van der Waals surface area contributed by atoms with Gasteiger partial charge in [-0.2, -0.15) is 5.26 Å². The molecule has 0 saturated heterocycles. The number of hydrogen-bond donors (Lipinski definition) is 3. The fraction of sp³-hybridized carbons (Fsp3) is 0.143. The Morgan fingerprint density at radius 2 is 2.00 bits per heavy atom. The van der Waals surface area contributed by atoms with Gasteiger partial charge in [-0.1, -0.05) is 12.1 Å². The number of nitrogens with zero attached hydrogens (tertiary/aromatic N) is 3. The van der Waals surface area contributed by atoms with Crippen LogP contribution in [0.1, 0.15) is 29.4 Å². The molecule has 1 aliphatic heterocycles. The third-order valence-electron chi connectivity index (χ3n) is 4.84. The van der Waals surface area contributed by atoms with Gasteiger partial charge in [-0.3, -0.25) is 0 Å². The van der Waals surface area contributed by atoms with Crippen molar-refractivity contribution in [2.45, 2.75) is 19.5 Å². The number of hydrogen-bond acceptors (Lipinski definition) is 5. The fourth-order valence-electron chi connectivity index (χ4n) is 3.39. The minimum absolute atomic E-state index is 0.625. The highest BCUT2D eigenvalue weighted by Crippen LogP contribution is 2.32. The standard InChI is InChI=1S/C21H20N6/c1-14-17(4-3-5-18(14)23)19-13-27-11-10-24-20(27)21(2,26-19)25-16-8-6-15(12-22)7-9-16/h3-11,13,25-26H,23H2,1-2H3. The highest BCUT2D eigenvalue weighted by molar-refractivity contribution is 5.80. The molecule has 1 atom stereocenters. The Labute approximate surface area is 158 Å². The molecule has 1 unspecified atom stereocenters. The summed E-state index contributed by atoms with van der Waals surface area (Å²) in [5, 5.41) is 16.1. The molecule has 4 rings (SSSR count). The molecule has 0 aliphatic carbocycles. The quantitative estimate of drug-likeness (QED) is 0.625. The molecular weight excluding hydrogens is 336 g/mol. The maximum absolute atomic E-state index is 9.00. The molecule has 2 aromatic carbocycles. The van der Waals surface area contributed by atoms with Crippen LogP contribution in [0, 0.1) is 18.3 Å². The number of rotatable bonds is 3. The average Bonchev–Trinajstić information content (AvgIpc) is 3.14.